The molecular weight excluding hydrogens is 302 g/mol. The zero-order valence-corrected chi connectivity index (χ0v) is 13.1. The molecule has 0 aromatic carbocycles. The molecular formula is C14H19N5O2S. The largest absolute Gasteiger partial charge is 0.379 e. The van der Waals surface area contributed by atoms with Crippen molar-refractivity contribution in [1.82, 2.24) is 14.8 Å². The second-order valence-corrected chi connectivity index (χ2v) is 6.66. The first-order valence-electron chi connectivity index (χ1n) is 7.45. The third-order valence-corrected chi connectivity index (χ3v) is 4.86. The molecule has 0 spiro atoms. The van der Waals surface area contributed by atoms with Gasteiger partial charge in [-0.05, 0) is 6.42 Å². The molecule has 7 nitrogen and oxygen atoms in total. The summed E-state index contributed by atoms with van der Waals surface area (Å²) in [4.78, 5) is 21.5. The number of hydrogen-bond donors (Lipinski definition) is 1. The van der Waals surface area contributed by atoms with Gasteiger partial charge in [-0.2, -0.15) is 5.26 Å². The maximum Gasteiger partial charge on any atom is 0.231 e. The highest BCUT2D eigenvalue weighted by atomic mass is 32.1. The minimum Gasteiger partial charge on any atom is -0.379 e. The lowest BCUT2D eigenvalue weighted by Gasteiger charge is -2.25. The third-order valence-electron chi connectivity index (χ3n) is 3.97. The van der Waals surface area contributed by atoms with E-state index in [1.165, 1.54) is 11.3 Å². The van der Waals surface area contributed by atoms with Crippen LogP contribution in [0.2, 0.25) is 0 Å². The molecule has 3 rings (SSSR count). The fourth-order valence-corrected chi connectivity index (χ4v) is 3.55. The van der Waals surface area contributed by atoms with Crippen LogP contribution in [-0.4, -0.2) is 60.1 Å². The molecule has 118 valence electrons. The van der Waals surface area contributed by atoms with Crippen LogP contribution in [0.1, 0.15) is 11.3 Å². The van der Waals surface area contributed by atoms with Crippen LogP contribution in [0.5, 0.6) is 0 Å². The molecule has 1 N–H and O–H groups in total. The molecule has 2 aliphatic rings. The molecule has 2 aliphatic heterocycles. The van der Waals surface area contributed by atoms with Crippen LogP contribution in [0.25, 0.3) is 0 Å². The number of ether oxygens (including phenoxy) is 1. The predicted octanol–water partition coefficient (Wildman–Crippen LogP) is 0.717. The fourth-order valence-electron chi connectivity index (χ4n) is 2.69. The normalized spacial score (nSPS) is 22.5. The van der Waals surface area contributed by atoms with E-state index in [2.05, 4.69) is 21.4 Å². The van der Waals surface area contributed by atoms with Crippen molar-refractivity contribution >= 4 is 22.4 Å². The van der Waals surface area contributed by atoms with E-state index in [1.807, 2.05) is 6.20 Å². The fraction of sp³-hybridized carbons (Fsp3) is 0.643. The number of carbonyl (C=O) groups excluding carboxylic acids is 1. The average molecular weight is 321 g/mol. The molecule has 0 aliphatic carbocycles. The first kappa shape index (κ1) is 15.2. The Morgan fingerprint density at radius 3 is 3.05 bits per heavy atom. The van der Waals surface area contributed by atoms with E-state index >= 15 is 0 Å². The summed E-state index contributed by atoms with van der Waals surface area (Å²) in [5.41, 5.74) is 0. The van der Waals surface area contributed by atoms with E-state index in [-0.39, 0.29) is 11.8 Å². The Kier molecular flexibility index (Phi) is 4.87. The molecule has 22 heavy (non-hydrogen) atoms. The van der Waals surface area contributed by atoms with Gasteiger partial charge in [-0.1, -0.05) is 0 Å². The van der Waals surface area contributed by atoms with E-state index in [0.717, 1.165) is 44.1 Å². The highest BCUT2D eigenvalue weighted by Gasteiger charge is 2.28. The quantitative estimate of drug-likeness (QED) is 0.823. The summed E-state index contributed by atoms with van der Waals surface area (Å²) in [5.74, 6) is -0.156. The lowest BCUT2D eigenvalue weighted by atomic mass is 10.1. The van der Waals surface area contributed by atoms with Gasteiger partial charge < -0.3 is 15.0 Å². The number of likely N-dealkylation sites (tertiary alicyclic amines) is 1. The van der Waals surface area contributed by atoms with Crippen molar-refractivity contribution in [2.24, 2.45) is 5.92 Å². The maximum absolute atomic E-state index is 12.2. The van der Waals surface area contributed by atoms with Gasteiger partial charge >= 0.3 is 0 Å². The van der Waals surface area contributed by atoms with Crippen LogP contribution in [0.4, 0.5) is 5.13 Å². The minimum absolute atomic E-state index is 0.0370. The van der Waals surface area contributed by atoms with E-state index in [9.17, 15) is 4.79 Å². The first-order valence-corrected chi connectivity index (χ1v) is 8.26. The summed E-state index contributed by atoms with van der Waals surface area (Å²) in [6.07, 6.45) is 4.64. The monoisotopic (exact) mass is 321 g/mol. The SMILES string of the molecule is N#CN1CC[C@@H](C(=O)Nc2ncc(CN3CCOCC3)s2)C1. The molecule has 0 radical (unpaired) electrons. The van der Waals surface area contributed by atoms with Crippen LogP contribution >= 0.6 is 11.3 Å². The molecule has 0 unspecified atom stereocenters. The number of anilines is 1. The van der Waals surface area contributed by atoms with Gasteiger partial charge in [0.15, 0.2) is 11.3 Å². The van der Waals surface area contributed by atoms with Gasteiger partial charge in [0.25, 0.3) is 0 Å². The Labute approximate surface area is 133 Å². The molecule has 1 aromatic rings. The van der Waals surface area contributed by atoms with Crippen LogP contribution in [0.3, 0.4) is 0 Å². The van der Waals surface area contributed by atoms with Crippen LogP contribution in [-0.2, 0) is 16.1 Å². The van der Waals surface area contributed by atoms with Crippen molar-refractivity contribution in [3.05, 3.63) is 11.1 Å². The number of hydrogen-bond acceptors (Lipinski definition) is 7. The second-order valence-electron chi connectivity index (χ2n) is 5.54. The Morgan fingerprint density at radius 2 is 2.32 bits per heavy atom. The lowest BCUT2D eigenvalue weighted by Crippen LogP contribution is -2.35. The van der Waals surface area contributed by atoms with Gasteiger partial charge in [0, 0.05) is 43.8 Å². The molecule has 3 heterocycles. The van der Waals surface area contributed by atoms with E-state index in [1.54, 1.807) is 4.90 Å². The number of nitrogens with one attached hydrogen (secondary N) is 1. The van der Waals surface area contributed by atoms with E-state index in [0.29, 0.717) is 18.2 Å². The van der Waals surface area contributed by atoms with Crippen LogP contribution in [0, 0.1) is 17.4 Å². The summed E-state index contributed by atoms with van der Waals surface area (Å²) in [6, 6.07) is 0. The lowest BCUT2D eigenvalue weighted by molar-refractivity contribution is -0.119. The zero-order chi connectivity index (χ0) is 15.4. The first-order chi connectivity index (χ1) is 10.7. The number of carbonyl (C=O) groups is 1. The highest BCUT2D eigenvalue weighted by molar-refractivity contribution is 7.15. The van der Waals surface area contributed by atoms with Crippen molar-refractivity contribution in [3.8, 4) is 6.19 Å². The van der Waals surface area contributed by atoms with Gasteiger partial charge in [-0.3, -0.25) is 9.69 Å². The number of morpholine rings is 1. The van der Waals surface area contributed by atoms with Gasteiger partial charge in [-0.25, -0.2) is 4.98 Å². The van der Waals surface area contributed by atoms with Gasteiger partial charge in [0.05, 0.1) is 19.1 Å². The molecule has 8 heteroatoms. The molecule has 1 atom stereocenters. The van der Waals surface area contributed by atoms with Crippen molar-refractivity contribution in [3.63, 3.8) is 0 Å². The molecule has 0 bridgehead atoms. The number of nitriles is 1. The summed E-state index contributed by atoms with van der Waals surface area (Å²) in [5, 5.41) is 12.4. The Hall–Kier alpha value is -1.69. The maximum atomic E-state index is 12.2. The molecule has 0 saturated carbocycles. The average Bonchev–Trinajstić information content (AvgIpc) is 3.17. The molecule has 1 amide bonds. The molecule has 2 fully saturated rings. The highest BCUT2D eigenvalue weighted by Crippen LogP contribution is 2.22. The van der Waals surface area contributed by atoms with Crippen molar-refractivity contribution in [1.29, 1.82) is 5.26 Å². The van der Waals surface area contributed by atoms with Crippen LogP contribution in [0.15, 0.2) is 6.20 Å². The molecule has 1 aromatic heterocycles. The number of rotatable bonds is 4. The van der Waals surface area contributed by atoms with Crippen molar-refractivity contribution in [2.75, 3.05) is 44.7 Å². The van der Waals surface area contributed by atoms with Crippen LogP contribution < -0.4 is 5.32 Å². The van der Waals surface area contributed by atoms with Gasteiger partial charge in [-0.15, -0.1) is 11.3 Å². The van der Waals surface area contributed by atoms with Gasteiger partial charge in [0.2, 0.25) is 5.91 Å². The predicted molar refractivity (Wildman–Crippen MR) is 82.1 cm³/mol. The van der Waals surface area contributed by atoms with E-state index < -0.39 is 0 Å². The third kappa shape index (κ3) is 3.74. The number of thiazole rings is 1. The van der Waals surface area contributed by atoms with Crippen molar-refractivity contribution < 1.29 is 9.53 Å². The van der Waals surface area contributed by atoms with E-state index in [4.69, 9.17) is 10.00 Å². The minimum atomic E-state index is -0.119. The number of aromatic nitrogens is 1. The summed E-state index contributed by atoms with van der Waals surface area (Å²) >= 11 is 1.52. The second kappa shape index (κ2) is 7.05. The van der Waals surface area contributed by atoms with Gasteiger partial charge in [0.1, 0.15) is 0 Å². The number of amides is 1. The van der Waals surface area contributed by atoms with Crippen molar-refractivity contribution in [2.45, 2.75) is 13.0 Å². The smallest absolute Gasteiger partial charge is 0.231 e. The zero-order valence-electron chi connectivity index (χ0n) is 12.3. The molecule has 2 saturated heterocycles. The summed E-state index contributed by atoms with van der Waals surface area (Å²) < 4.78 is 5.33. The standard InChI is InChI=1S/C14H19N5O2S/c15-10-19-2-1-11(8-19)13(20)17-14-16-7-12(22-14)9-18-3-5-21-6-4-18/h7,11H,1-6,8-9H2,(H,16,17,20)/t11-/m1/s1. The summed E-state index contributed by atoms with van der Waals surface area (Å²) in [7, 11) is 0. The number of nitrogens with zero attached hydrogens (tertiary/aromatic N) is 4. The Bertz CT molecular complexity index is 564. The summed E-state index contributed by atoms with van der Waals surface area (Å²) in [6.45, 7) is 5.45. The topological polar surface area (TPSA) is 81.5 Å². The Morgan fingerprint density at radius 1 is 1.50 bits per heavy atom. The Balaban J connectivity index is 1.51.